The lowest BCUT2D eigenvalue weighted by Crippen LogP contribution is -2.43. The quantitative estimate of drug-likeness (QED) is 0.435. The predicted octanol–water partition coefficient (Wildman–Crippen LogP) is 3.49. The standard InChI is InChI=1S/C31H28FN3O6S2/c32-15-5-7-16(8-6-15)35-29(37)24-18-13-19(25(24)30(35)38)26-23(18)22(27-28(42-26)33-31(39)43-27)17-3-1-2-4-20(17)41-14-21(36)34-9-11-40-12-10-34/h1-8,18-19,22-26H,9-14H2,(H,33,39)/t18-,19-,22-,23?,24?,25?,26?/m1/s1. The Morgan fingerprint density at radius 1 is 1.00 bits per heavy atom. The fourth-order valence-corrected chi connectivity index (χ4v) is 11.0. The van der Waals surface area contributed by atoms with Crippen LogP contribution in [0, 0.1) is 35.4 Å². The number of morpholine rings is 1. The van der Waals surface area contributed by atoms with Gasteiger partial charge in [0.25, 0.3) is 5.91 Å². The van der Waals surface area contributed by atoms with Crippen molar-refractivity contribution in [1.82, 2.24) is 9.88 Å². The van der Waals surface area contributed by atoms with Crippen LogP contribution in [0.4, 0.5) is 10.1 Å². The average molecular weight is 622 g/mol. The van der Waals surface area contributed by atoms with Gasteiger partial charge in [0.2, 0.25) is 11.8 Å². The third-order valence-electron chi connectivity index (χ3n) is 9.78. The zero-order valence-corrected chi connectivity index (χ0v) is 24.6. The number of carbonyl (C=O) groups is 3. The molecule has 2 aromatic carbocycles. The Morgan fingerprint density at radius 2 is 1.72 bits per heavy atom. The molecule has 12 heteroatoms. The Labute approximate surface area is 254 Å². The van der Waals surface area contributed by atoms with Crippen molar-refractivity contribution in [3.8, 4) is 5.75 Å². The number of hydrogen-bond donors (Lipinski definition) is 1. The lowest BCUT2D eigenvalue weighted by Gasteiger charge is -2.43. The van der Waals surface area contributed by atoms with Crippen molar-refractivity contribution in [1.29, 1.82) is 0 Å². The van der Waals surface area contributed by atoms with E-state index >= 15 is 0 Å². The smallest absolute Gasteiger partial charge is 0.305 e. The number of thioether (sulfide) groups is 1. The molecule has 1 aromatic heterocycles. The summed E-state index contributed by atoms with van der Waals surface area (Å²) in [6, 6.07) is 13.1. The molecule has 43 heavy (non-hydrogen) atoms. The van der Waals surface area contributed by atoms with Crippen LogP contribution in [0.5, 0.6) is 5.75 Å². The van der Waals surface area contributed by atoms with Gasteiger partial charge >= 0.3 is 4.87 Å². The number of carbonyl (C=O) groups excluding carboxylic acids is 3. The van der Waals surface area contributed by atoms with Crippen molar-refractivity contribution in [3.63, 3.8) is 0 Å². The summed E-state index contributed by atoms with van der Waals surface area (Å²) in [5.41, 5.74) is 1.27. The zero-order chi connectivity index (χ0) is 29.4. The van der Waals surface area contributed by atoms with E-state index in [0.717, 1.165) is 21.9 Å². The fourth-order valence-electron chi connectivity index (χ4n) is 8.12. The minimum Gasteiger partial charge on any atom is -0.483 e. The summed E-state index contributed by atoms with van der Waals surface area (Å²) in [6.45, 7) is 1.96. The number of ether oxygens (including phenoxy) is 2. The molecular formula is C31H28FN3O6S2. The molecule has 2 saturated heterocycles. The molecular weight excluding hydrogens is 593 g/mol. The van der Waals surface area contributed by atoms with Crippen LogP contribution in [0.1, 0.15) is 22.8 Å². The van der Waals surface area contributed by atoms with Crippen LogP contribution in [0.25, 0.3) is 0 Å². The molecule has 4 fully saturated rings. The largest absolute Gasteiger partial charge is 0.483 e. The van der Waals surface area contributed by atoms with Gasteiger partial charge in [-0.15, -0.1) is 11.8 Å². The number of anilines is 1. The van der Waals surface area contributed by atoms with E-state index in [9.17, 15) is 23.6 Å². The fraction of sp³-hybridized carbons (Fsp3) is 0.419. The summed E-state index contributed by atoms with van der Waals surface area (Å²) >= 11 is 2.79. The van der Waals surface area contributed by atoms with E-state index in [1.807, 2.05) is 24.3 Å². The number of halogens is 1. The monoisotopic (exact) mass is 621 g/mol. The number of aromatic amines is 1. The lowest BCUT2D eigenvalue weighted by molar-refractivity contribution is -0.137. The van der Waals surface area contributed by atoms with Crippen molar-refractivity contribution < 1.29 is 28.2 Å². The molecule has 4 unspecified atom stereocenters. The van der Waals surface area contributed by atoms with Gasteiger partial charge in [-0.3, -0.25) is 24.1 Å². The van der Waals surface area contributed by atoms with Crippen molar-refractivity contribution in [2.24, 2.45) is 29.6 Å². The highest BCUT2D eigenvalue weighted by Crippen LogP contribution is 2.69. The van der Waals surface area contributed by atoms with E-state index in [1.54, 1.807) is 16.7 Å². The second-order valence-electron chi connectivity index (χ2n) is 11.8. The molecule has 0 radical (unpaired) electrons. The van der Waals surface area contributed by atoms with E-state index in [4.69, 9.17) is 9.47 Å². The van der Waals surface area contributed by atoms with Crippen LogP contribution < -0.4 is 14.5 Å². The van der Waals surface area contributed by atoms with Crippen molar-refractivity contribution in [2.45, 2.75) is 22.6 Å². The first-order valence-corrected chi connectivity index (χ1v) is 16.2. The third kappa shape index (κ3) is 4.21. The Morgan fingerprint density at radius 3 is 2.49 bits per heavy atom. The van der Waals surface area contributed by atoms with Crippen LogP contribution in [-0.2, 0) is 19.1 Å². The highest BCUT2D eigenvalue weighted by atomic mass is 32.2. The number of rotatable bonds is 5. The topological polar surface area (TPSA) is 109 Å². The molecule has 3 aliphatic heterocycles. The van der Waals surface area contributed by atoms with Gasteiger partial charge in [-0.1, -0.05) is 29.5 Å². The molecule has 3 aromatic rings. The first-order chi connectivity index (χ1) is 20.9. The van der Waals surface area contributed by atoms with Crippen LogP contribution in [0.15, 0.2) is 58.4 Å². The SMILES string of the molecule is O=C(COc1ccccc1[C@H]1c2sc(=O)[nH]c2SC2C1[C@H]1C[C@@H]2C2C(=O)N(c3ccc(F)cc3)C(=O)C21)N1CCOCC1. The average Bonchev–Trinajstić information content (AvgIpc) is 3.76. The summed E-state index contributed by atoms with van der Waals surface area (Å²) in [6.07, 6.45) is 0.751. The van der Waals surface area contributed by atoms with Gasteiger partial charge in [-0.05, 0) is 54.5 Å². The second-order valence-corrected chi connectivity index (χ2v) is 14.0. The number of amides is 3. The number of hydrogen-bond acceptors (Lipinski definition) is 8. The summed E-state index contributed by atoms with van der Waals surface area (Å²) < 4.78 is 25.2. The summed E-state index contributed by atoms with van der Waals surface area (Å²) in [4.78, 5) is 60.0. The molecule has 8 rings (SSSR count). The number of imide groups is 1. The highest BCUT2D eigenvalue weighted by Gasteiger charge is 2.69. The number of nitrogens with one attached hydrogen (secondary N) is 1. The number of thiazole rings is 1. The van der Waals surface area contributed by atoms with E-state index in [2.05, 4.69) is 4.98 Å². The normalized spacial score (nSPS) is 30.8. The van der Waals surface area contributed by atoms with E-state index < -0.39 is 17.7 Å². The summed E-state index contributed by atoms with van der Waals surface area (Å²) in [7, 11) is 0. The van der Waals surface area contributed by atoms with Gasteiger partial charge in [-0.25, -0.2) is 4.39 Å². The lowest BCUT2D eigenvalue weighted by atomic mass is 9.68. The molecule has 1 N–H and O–H groups in total. The van der Waals surface area contributed by atoms with E-state index in [1.165, 1.54) is 40.5 Å². The number of para-hydroxylation sites is 1. The molecule has 9 nitrogen and oxygen atoms in total. The summed E-state index contributed by atoms with van der Waals surface area (Å²) in [5, 5.41) is 0.818. The summed E-state index contributed by atoms with van der Waals surface area (Å²) in [5.74, 6) is -1.70. The van der Waals surface area contributed by atoms with Crippen LogP contribution in [0.2, 0.25) is 0 Å². The third-order valence-corrected chi connectivity index (χ3v) is 12.4. The molecule has 2 saturated carbocycles. The molecule has 5 aliphatic rings. The van der Waals surface area contributed by atoms with Gasteiger partial charge in [0.15, 0.2) is 6.61 Å². The van der Waals surface area contributed by atoms with Crippen LogP contribution in [0.3, 0.4) is 0 Å². The molecule has 2 aliphatic carbocycles. The zero-order valence-electron chi connectivity index (χ0n) is 22.9. The van der Waals surface area contributed by atoms with Gasteiger partial charge in [0, 0.05) is 34.7 Å². The predicted molar refractivity (Wildman–Crippen MR) is 157 cm³/mol. The van der Waals surface area contributed by atoms with E-state index in [-0.39, 0.29) is 58.1 Å². The molecule has 4 heterocycles. The molecule has 222 valence electrons. The second kappa shape index (κ2) is 10.3. The van der Waals surface area contributed by atoms with Gasteiger partial charge < -0.3 is 19.4 Å². The Hall–Kier alpha value is -3.48. The molecule has 7 atom stereocenters. The number of fused-ring (bicyclic) bond motifs is 9. The van der Waals surface area contributed by atoms with Gasteiger partial charge in [0.1, 0.15) is 11.6 Å². The minimum absolute atomic E-state index is 0.0141. The first-order valence-electron chi connectivity index (χ1n) is 14.5. The maximum atomic E-state index is 13.9. The van der Waals surface area contributed by atoms with Crippen LogP contribution in [-0.4, -0.2) is 65.8 Å². The Bertz CT molecular complexity index is 1680. The highest BCUT2D eigenvalue weighted by molar-refractivity contribution is 8.00. The number of H-pyrrole nitrogens is 1. The number of aromatic nitrogens is 1. The molecule has 0 spiro atoms. The van der Waals surface area contributed by atoms with E-state index in [0.29, 0.717) is 37.7 Å². The Kier molecular flexibility index (Phi) is 6.50. The molecule has 2 bridgehead atoms. The van der Waals surface area contributed by atoms with Crippen molar-refractivity contribution in [2.75, 3.05) is 37.8 Å². The maximum absolute atomic E-state index is 13.9. The number of benzene rings is 2. The van der Waals surface area contributed by atoms with Crippen molar-refractivity contribution >= 4 is 46.5 Å². The first kappa shape index (κ1) is 27.1. The van der Waals surface area contributed by atoms with Gasteiger partial charge in [-0.2, -0.15) is 0 Å². The minimum atomic E-state index is -0.472. The van der Waals surface area contributed by atoms with Crippen LogP contribution >= 0.6 is 23.1 Å². The maximum Gasteiger partial charge on any atom is 0.305 e. The Balaban J connectivity index is 1.15. The van der Waals surface area contributed by atoms with Gasteiger partial charge in [0.05, 0.1) is 35.8 Å². The van der Waals surface area contributed by atoms with Crippen molar-refractivity contribution in [3.05, 3.63) is 74.5 Å². The number of nitrogens with zero attached hydrogens (tertiary/aromatic N) is 2. The molecule has 3 amide bonds.